The Morgan fingerprint density at radius 3 is 2.88 bits per heavy atom. The zero-order chi connectivity index (χ0) is 12.1. The Labute approximate surface area is 102 Å². The van der Waals surface area contributed by atoms with Gasteiger partial charge in [0.05, 0.1) is 12.1 Å². The highest BCUT2D eigenvalue weighted by atomic mass is 16.2. The molecule has 4 nitrogen and oxygen atoms in total. The van der Waals surface area contributed by atoms with Gasteiger partial charge in [-0.05, 0) is 44.0 Å². The number of pyridine rings is 1. The van der Waals surface area contributed by atoms with Gasteiger partial charge < -0.3 is 10.6 Å². The third-order valence-electron chi connectivity index (χ3n) is 3.19. The molecule has 0 saturated carbocycles. The molecule has 1 aromatic heterocycles. The van der Waals surface area contributed by atoms with Gasteiger partial charge in [-0.1, -0.05) is 6.42 Å². The molecular weight excluding hydrogens is 214 g/mol. The zero-order valence-electron chi connectivity index (χ0n) is 10.1. The molecule has 0 unspecified atom stereocenters. The van der Waals surface area contributed by atoms with Gasteiger partial charge in [0.2, 0.25) is 5.91 Å². The van der Waals surface area contributed by atoms with Gasteiger partial charge in [0.1, 0.15) is 0 Å². The number of piperidine rings is 1. The van der Waals surface area contributed by atoms with Crippen LogP contribution in [0.3, 0.4) is 0 Å². The van der Waals surface area contributed by atoms with E-state index in [1.165, 1.54) is 6.42 Å². The molecule has 4 heteroatoms. The molecule has 0 spiro atoms. The molecule has 1 fully saturated rings. The molecule has 0 aliphatic carbocycles. The number of carbonyl (C=O) groups excluding carboxylic acids is 1. The highest BCUT2D eigenvalue weighted by Gasteiger charge is 2.21. The van der Waals surface area contributed by atoms with E-state index < -0.39 is 0 Å². The van der Waals surface area contributed by atoms with Crippen molar-refractivity contribution in [3.05, 3.63) is 30.1 Å². The van der Waals surface area contributed by atoms with Gasteiger partial charge >= 0.3 is 0 Å². The van der Waals surface area contributed by atoms with Crippen molar-refractivity contribution < 1.29 is 4.79 Å². The molecule has 0 radical (unpaired) electrons. The molecule has 2 N–H and O–H groups in total. The largest absolute Gasteiger partial charge is 0.348 e. The van der Waals surface area contributed by atoms with E-state index in [0.29, 0.717) is 0 Å². The SMILES string of the molecule is C[C@H](NC(=O)[C@H]1CCCCN1)c1ccncc1. The molecule has 2 heterocycles. The molecule has 1 aliphatic heterocycles. The lowest BCUT2D eigenvalue weighted by atomic mass is 10.0. The van der Waals surface area contributed by atoms with Crippen LogP contribution in [0.4, 0.5) is 0 Å². The number of nitrogens with one attached hydrogen (secondary N) is 2. The van der Waals surface area contributed by atoms with Gasteiger partial charge in [0.15, 0.2) is 0 Å². The summed E-state index contributed by atoms with van der Waals surface area (Å²) in [6.45, 7) is 2.94. The third kappa shape index (κ3) is 3.27. The quantitative estimate of drug-likeness (QED) is 0.829. The summed E-state index contributed by atoms with van der Waals surface area (Å²) in [5.41, 5.74) is 1.09. The second-order valence-corrected chi connectivity index (χ2v) is 4.51. The minimum absolute atomic E-state index is 0.0203. The Morgan fingerprint density at radius 1 is 1.47 bits per heavy atom. The van der Waals surface area contributed by atoms with Crippen LogP contribution >= 0.6 is 0 Å². The Morgan fingerprint density at radius 2 is 2.24 bits per heavy atom. The molecule has 1 aliphatic rings. The highest BCUT2D eigenvalue weighted by Crippen LogP contribution is 2.12. The molecule has 1 saturated heterocycles. The first-order valence-corrected chi connectivity index (χ1v) is 6.21. The van der Waals surface area contributed by atoms with Gasteiger partial charge in [-0.2, -0.15) is 0 Å². The van der Waals surface area contributed by atoms with Crippen LogP contribution in [0.1, 0.15) is 37.8 Å². The lowest BCUT2D eigenvalue weighted by molar-refractivity contribution is -0.124. The van der Waals surface area contributed by atoms with Crippen molar-refractivity contribution in [1.82, 2.24) is 15.6 Å². The van der Waals surface area contributed by atoms with Crippen LogP contribution in [0.5, 0.6) is 0 Å². The molecule has 1 amide bonds. The van der Waals surface area contributed by atoms with Crippen LogP contribution in [0.15, 0.2) is 24.5 Å². The van der Waals surface area contributed by atoms with E-state index in [1.54, 1.807) is 12.4 Å². The van der Waals surface area contributed by atoms with E-state index >= 15 is 0 Å². The van der Waals surface area contributed by atoms with Gasteiger partial charge in [-0.15, -0.1) is 0 Å². The summed E-state index contributed by atoms with van der Waals surface area (Å²) in [6.07, 6.45) is 6.74. The van der Waals surface area contributed by atoms with Gasteiger partial charge in [-0.25, -0.2) is 0 Å². The summed E-state index contributed by atoms with van der Waals surface area (Å²) >= 11 is 0. The summed E-state index contributed by atoms with van der Waals surface area (Å²) in [5.74, 6) is 0.106. The number of hydrogen-bond donors (Lipinski definition) is 2. The maximum absolute atomic E-state index is 12.0. The third-order valence-corrected chi connectivity index (χ3v) is 3.19. The zero-order valence-corrected chi connectivity index (χ0v) is 10.1. The van der Waals surface area contributed by atoms with E-state index in [9.17, 15) is 4.79 Å². The van der Waals surface area contributed by atoms with Crippen molar-refractivity contribution >= 4 is 5.91 Å². The fourth-order valence-electron chi connectivity index (χ4n) is 2.13. The summed E-state index contributed by atoms with van der Waals surface area (Å²) < 4.78 is 0. The molecule has 2 atom stereocenters. The maximum Gasteiger partial charge on any atom is 0.237 e. The minimum atomic E-state index is -0.0203. The number of amides is 1. The summed E-state index contributed by atoms with van der Waals surface area (Å²) in [5, 5.41) is 6.29. The maximum atomic E-state index is 12.0. The van der Waals surface area contributed by atoms with E-state index in [2.05, 4.69) is 15.6 Å². The summed E-state index contributed by atoms with van der Waals surface area (Å²) in [4.78, 5) is 16.0. The lowest BCUT2D eigenvalue weighted by Crippen LogP contribution is -2.47. The normalized spacial score (nSPS) is 21.8. The van der Waals surface area contributed by atoms with Crippen molar-refractivity contribution in [3.63, 3.8) is 0 Å². The van der Waals surface area contributed by atoms with Crippen molar-refractivity contribution in [2.45, 2.75) is 38.3 Å². The number of carbonyl (C=O) groups is 1. The second kappa shape index (κ2) is 5.77. The van der Waals surface area contributed by atoms with Gasteiger partial charge in [0, 0.05) is 12.4 Å². The van der Waals surface area contributed by atoms with Crippen LogP contribution in [0.25, 0.3) is 0 Å². The molecule has 0 aromatic carbocycles. The Kier molecular flexibility index (Phi) is 4.09. The van der Waals surface area contributed by atoms with Crippen LogP contribution in [-0.2, 0) is 4.79 Å². The second-order valence-electron chi connectivity index (χ2n) is 4.51. The molecule has 1 aromatic rings. The predicted molar refractivity (Wildman–Crippen MR) is 66.4 cm³/mol. The predicted octanol–water partition coefficient (Wildman–Crippen LogP) is 1.40. The molecule has 92 valence electrons. The smallest absolute Gasteiger partial charge is 0.237 e. The van der Waals surface area contributed by atoms with E-state index in [1.807, 2.05) is 19.1 Å². The molecule has 2 rings (SSSR count). The Bertz CT molecular complexity index is 360. The van der Waals surface area contributed by atoms with Crippen LogP contribution in [0, 0.1) is 0 Å². The average molecular weight is 233 g/mol. The Hall–Kier alpha value is -1.42. The van der Waals surface area contributed by atoms with Crippen LogP contribution < -0.4 is 10.6 Å². The number of aromatic nitrogens is 1. The molecule has 0 bridgehead atoms. The molecule has 17 heavy (non-hydrogen) atoms. The van der Waals surface area contributed by atoms with Crippen molar-refractivity contribution in [3.8, 4) is 0 Å². The standard InChI is InChI=1S/C13H19N3O/c1-10(11-5-8-14-9-6-11)16-13(17)12-4-2-3-7-15-12/h5-6,8-10,12,15H,2-4,7H2,1H3,(H,16,17)/t10-,12+/m0/s1. The van der Waals surface area contributed by atoms with Gasteiger partial charge in [-0.3, -0.25) is 9.78 Å². The fraction of sp³-hybridized carbons (Fsp3) is 0.538. The minimum Gasteiger partial charge on any atom is -0.348 e. The first-order chi connectivity index (χ1) is 8.27. The van der Waals surface area contributed by atoms with Crippen LogP contribution in [-0.4, -0.2) is 23.5 Å². The van der Waals surface area contributed by atoms with E-state index in [0.717, 1.165) is 24.9 Å². The van der Waals surface area contributed by atoms with Crippen molar-refractivity contribution in [1.29, 1.82) is 0 Å². The first-order valence-electron chi connectivity index (χ1n) is 6.21. The number of hydrogen-bond acceptors (Lipinski definition) is 3. The van der Waals surface area contributed by atoms with E-state index in [-0.39, 0.29) is 18.0 Å². The fourth-order valence-corrected chi connectivity index (χ4v) is 2.13. The van der Waals surface area contributed by atoms with E-state index in [4.69, 9.17) is 0 Å². The summed E-state index contributed by atoms with van der Waals surface area (Å²) in [7, 11) is 0. The molecular formula is C13H19N3O. The topological polar surface area (TPSA) is 54.0 Å². The van der Waals surface area contributed by atoms with Gasteiger partial charge in [0.25, 0.3) is 0 Å². The van der Waals surface area contributed by atoms with Crippen molar-refractivity contribution in [2.24, 2.45) is 0 Å². The first kappa shape index (κ1) is 12.0. The van der Waals surface area contributed by atoms with Crippen LogP contribution in [0.2, 0.25) is 0 Å². The highest BCUT2D eigenvalue weighted by molar-refractivity contribution is 5.82. The summed E-state index contributed by atoms with van der Waals surface area (Å²) in [6, 6.07) is 3.88. The number of nitrogens with zero attached hydrogens (tertiary/aromatic N) is 1. The van der Waals surface area contributed by atoms with Crippen molar-refractivity contribution in [2.75, 3.05) is 6.54 Å². The Balaban J connectivity index is 1.89. The number of rotatable bonds is 3. The average Bonchev–Trinajstić information content (AvgIpc) is 2.40. The monoisotopic (exact) mass is 233 g/mol. The lowest BCUT2D eigenvalue weighted by Gasteiger charge is -2.24.